The molecule has 4 aromatic rings. The summed E-state index contributed by atoms with van der Waals surface area (Å²) in [6.45, 7) is 8.54. The van der Waals surface area contributed by atoms with Gasteiger partial charge in [-0.05, 0) is 148 Å². The second-order valence-electron chi connectivity index (χ2n) is 16.4. The van der Waals surface area contributed by atoms with Gasteiger partial charge in [-0.15, -0.1) is 10.2 Å². The van der Waals surface area contributed by atoms with Crippen LogP contribution in [0.4, 0.5) is 0 Å². The highest BCUT2D eigenvalue weighted by Crippen LogP contribution is 2.29. The predicted octanol–water partition coefficient (Wildman–Crippen LogP) is 1.65. The summed E-state index contributed by atoms with van der Waals surface area (Å²) in [6, 6.07) is 16.1. The highest BCUT2D eigenvalue weighted by Gasteiger charge is 2.39. The normalized spacial score (nSPS) is 18.3. The highest BCUT2D eigenvalue weighted by molar-refractivity contribution is 7.99. The maximum Gasteiger partial charge on any atom is 0.248 e. The van der Waals surface area contributed by atoms with Gasteiger partial charge >= 0.3 is 0 Å². The van der Waals surface area contributed by atoms with E-state index in [-0.39, 0.29) is 48.9 Å². The van der Waals surface area contributed by atoms with E-state index in [4.69, 9.17) is 9.47 Å². The molecule has 0 bridgehead atoms. The molecule has 2 fully saturated rings. The summed E-state index contributed by atoms with van der Waals surface area (Å²) < 4.78 is 15.5. The minimum atomic E-state index is -0.993. The van der Waals surface area contributed by atoms with Gasteiger partial charge in [0.2, 0.25) is 33.9 Å². The lowest BCUT2D eigenvalue weighted by Gasteiger charge is -2.32. The predicted molar refractivity (Wildman–Crippen MR) is 254 cm³/mol. The average Bonchev–Trinajstić information content (AvgIpc) is 4.20. The fourth-order valence-electron chi connectivity index (χ4n) is 7.62. The molecule has 2 aliphatic rings. The fourth-order valence-corrected chi connectivity index (χ4v) is 9.22. The number of hydrogen-bond acceptors (Lipinski definition) is 16. The largest absolute Gasteiger partial charge is 0.363 e. The second-order valence-corrected chi connectivity index (χ2v) is 18.5. The fraction of sp³-hybridized carbons (Fsp3) is 0.522. The molecular formula is C46H60N14O6S2. The molecule has 68 heavy (non-hydrogen) atoms. The van der Waals surface area contributed by atoms with Crippen molar-refractivity contribution in [2.45, 2.75) is 135 Å². The first kappa shape index (κ1) is 51.5. The maximum absolute atomic E-state index is 14.2. The number of benzene rings is 2. The minimum absolute atomic E-state index is 0.0667. The standard InChI is InChI=1S/C46H60N14O6S2/c1-31(47-5)41(61)49-39(43(63)57-25-17-19-35(57)29-59-45(51-53-55-59)67-37-21-11-9-12-22-37)33(3)65-27-15-7-8-16-28-66-34(4)40(50-42(62)32(2)48-6)44(64)58-26-18-20-36(58)30-60-46(52-54-56-60)68-38-23-13-10-14-24-38/h9-14,21-24,31-36,39-40,47-48H,17-20,25-30H2,1-6H3,(H,49,61)(H,50,62)/t31-,32-,33+,34+,35-,36-,39-,40-/m0/s1. The summed E-state index contributed by atoms with van der Waals surface area (Å²) in [5.41, 5.74) is 0. The first-order valence-corrected chi connectivity index (χ1v) is 24.3. The molecule has 362 valence electrons. The Morgan fingerprint density at radius 3 is 1.43 bits per heavy atom. The summed E-state index contributed by atoms with van der Waals surface area (Å²) in [5, 5.41) is 37.5. The van der Waals surface area contributed by atoms with Crippen LogP contribution in [0.5, 0.6) is 0 Å². The molecule has 8 atom stereocenters. The number of carbonyl (C=O) groups excluding carboxylic acids is 4. The van der Waals surface area contributed by atoms with Crippen molar-refractivity contribution in [2.75, 3.05) is 40.4 Å². The van der Waals surface area contributed by atoms with Crippen LogP contribution in [0, 0.1) is 23.7 Å². The molecule has 4 amide bonds. The molecule has 2 aromatic carbocycles. The van der Waals surface area contributed by atoms with Crippen LogP contribution in [0.2, 0.25) is 0 Å². The lowest BCUT2D eigenvalue weighted by molar-refractivity contribution is -0.142. The first-order chi connectivity index (χ1) is 33.0. The SMILES string of the molecule is CN[C@@H](C)C(=O)N[C@H](C(=O)N1CCC[C@H]1Cn1nnnc1Sc1ccccc1)[C@@H](C)OCC#CC#CCO[C@H](C)[C@H](NC(=O)[C@H](C)NC)C(=O)N1CCC[C@H]1Cn1nnnc1Sc1ccccc1. The number of likely N-dealkylation sites (N-methyl/N-ethyl adjacent to an activating group) is 2. The van der Waals surface area contributed by atoms with Crippen LogP contribution in [0.25, 0.3) is 0 Å². The number of rotatable bonds is 22. The van der Waals surface area contributed by atoms with Crippen molar-refractivity contribution in [1.29, 1.82) is 0 Å². The zero-order valence-corrected chi connectivity index (χ0v) is 40.8. The van der Waals surface area contributed by atoms with Gasteiger partial charge in [0, 0.05) is 22.9 Å². The molecule has 2 aliphatic heterocycles. The van der Waals surface area contributed by atoms with Crippen LogP contribution in [0.15, 0.2) is 80.8 Å². The van der Waals surface area contributed by atoms with Gasteiger partial charge in [0.1, 0.15) is 25.3 Å². The van der Waals surface area contributed by atoms with Gasteiger partial charge in [-0.1, -0.05) is 48.2 Å². The third kappa shape index (κ3) is 14.3. The van der Waals surface area contributed by atoms with Crippen LogP contribution in [0.3, 0.4) is 0 Å². The number of hydrogen-bond donors (Lipinski definition) is 4. The Balaban J connectivity index is 1.04. The number of nitrogens with one attached hydrogen (secondary N) is 4. The molecule has 2 aromatic heterocycles. The smallest absolute Gasteiger partial charge is 0.248 e. The van der Waals surface area contributed by atoms with Gasteiger partial charge in [-0.3, -0.25) is 19.2 Å². The monoisotopic (exact) mass is 968 g/mol. The van der Waals surface area contributed by atoms with Crippen molar-refractivity contribution in [1.82, 2.24) is 71.5 Å². The summed E-state index contributed by atoms with van der Waals surface area (Å²) in [6.07, 6.45) is 1.58. The zero-order valence-electron chi connectivity index (χ0n) is 39.2. The quantitative estimate of drug-likeness (QED) is 0.0822. The number of nitrogens with zero attached hydrogens (tertiary/aromatic N) is 10. The Morgan fingerprint density at radius 1 is 0.647 bits per heavy atom. The van der Waals surface area contributed by atoms with Crippen molar-refractivity contribution < 1.29 is 28.7 Å². The molecule has 4 N–H and O–H groups in total. The van der Waals surface area contributed by atoms with E-state index in [1.165, 1.54) is 23.5 Å². The molecule has 0 saturated carbocycles. The Morgan fingerprint density at radius 2 is 1.04 bits per heavy atom. The van der Waals surface area contributed by atoms with Gasteiger partial charge in [0.25, 0.3) is 0 Å². The van der Waals surface area contributed by atoms with Crippen LogP contribution in [-0.2, 0) is 41.7 Å². The summed E-state index contributed by atoms with van der Waals surface area (Å²) in [4.78, 5) is 60.3. The maximum atomic E-state index is 14.2. The van der Waals surface area contributed by atoms with Crippen molar-refractivity contribution in [3.63, 3.8) is 0 Å². The molecule has 0 unspecified atom stereocenters. The lowest BCUT2D eigenvalue weighted by Crippen LogP contribution is -2.58. The van der Waals surface area contributed by atoms with E-state index < -0.39 is 36.4 Å². The van der Waals surface area contributed by atoms with Gasteiger partial charge in [-0.2, -0.15) is 0 Å². The van der Waals surface area contributed by atoms with Crippen LogP contribution in [0.1, 0.15) is 53.4 Å². The van der Waals surface area contributed by atoms with E-state index in [0.29, 0.717) is 36.5 Å². The van der Waals surface area contributed by atoms with Crippen LogP contribution < -0.4 is 21.3 Å². The molecule has 2 saturated heterocycles. The number of likely N-dealkylation sites (tertiary alicyclic amines) is 2. The number of aromatic nitrogens is 8. The number of ether oxygens (including phenoxy) is 2. The van der Waals surface area contributed by atoms with Crippen molar-refractivity contribution in [3.8, 4) is 23.7 Å². The Labute approximate surface area is 405 Å². The summed E-state index contributed by atoms with van der Waals surface area (Å²) in [5.74, 6) is 10.00. The van der Waals surface area contributed by atoms with Gasteiger partial charge in [-0.25, -0.2) is 9.36 Å². The van der Waals surface area contributed by atoms with E-state index >= 15 is 0 Å². The third-order valence-corrected chi connectivity index (χ3v) is 13.8. The van der Waals surface area contributed by atoms with Gasteiger partial charge in [0.15, 0.2) is 0 Å². The minimum Gasteiger partial charge on any atom is -0.363 e. The first-order valence-electron chi connectivity index (χ1n) is 22.7. The van der Waals surface area contributed by atoms with E-state index in [2.05, 4.69) is 76.0 Å². The average molecular weight is 969 g/mol. The molecule has 22 heteroatoms. The Kier molecular flexibility index (Phi) is 19.7. The molecule has 0 spiro atoms. The van der Waals surface area contributed by atoms with E-state index in [9.17, 15) is 19.2 Å². The van der Waals surface area contributed by atoms with Gasteiger partial charge < -0.3 is 40.5 Å². The van der Waals surface area contributed by atoms with E-state index in [1.807, 2.05) is 60.7 Å². The zero-order chi connectivity index (χ0) is 48.4. The van der Waals surface area contributed by atoms with Crippen LogP contribution in [-0.4, -0.2) is 163 Å². The topological polar surface area (TPSA) is 229 Å². The van der Waals surface area contributed by atoms with Crippen LogP contribution >= 0.6 is 23.5 Å². The second kappa shape index (κ2) is 26.0. The van der Waals surface area contributed by atoms with Gasteiger partial charge in [0.05, 0.1) is 49.5 Å². The van der Waals surface area contributed by atoms with Crippen molar-refractivity contribution >= 4 is 47.2 Å². The molecule has 6 rings (SSSR count). The summed E-state index contributed by atoms with van der Waals surface area (Å²) >= 11 is 2.88. The lowest BCUT2D eigenvalue weighted by atomic mass is 10.1. The molecule has 0 radical (unpaired) electrons. The third-order valence-electron chi connectivity index (χ3n) is 11.8. The number of amides is 4. The number of carbonyl (C=O) groups is 4. The Bertz CT molecular complexity index is 2240. The van der Waals surface area contributed by atoms with Crippen molar-refractivity contribution in [3.05, 3.63) is 60.7 Å². The molecular weight excluding hydrogens is 909 g/mol. The summed E-state index contributed by atoms with van der Waals surface area (Å²) in [7, 11) is 3.34. The highest BCUT2D eigenvalue weighted by atomic mass is 32.2. The molecule has 0 aliphatic carbocycles. The van der Waals surface area contributed by atoms with Crippen molar-refractivity contribution in [2.24, 2.45) is 0 Å². The molecule has 4 heterocycles. The number of tetrazole rings is 2. The molecule has 20 nitrogen and oxygen atoms in total. The Hall–Kier alpha value is -5.88. The van der Waals surface area contributed by atoms with E-state index in [0.717, 1.165) is 35.5 Å². The van der Waals surface area contributed by atoms with E-state index in [1.54, 1.807) is 61.0 Å².